The maximum absolute atomic E-state index is 12.9. The molecule has 0 amide bonds. The van der Waals surface area contributed by atoms with E-state index in [1.54, 1.807) is 11.3 Å². The Kier molecular flexibility index (Phi) is 3.61. The fraction of sp³-hybridized carbons (Fsp3) is 0.333. The van der Waals surface area contributed by atoms with E-state index < -0.39 is 0 Å². The molecule has 1 heterocycles. The van der Waals surface area contributed by atoms with Crippen molar-refractivity contribution in [1.29, 1.82) is 0 Å². The highest BCUT2D eigenvalue weighted by Crippen LogP contribution is 2.40. The van der Waals surface area contributed by atoms with Crippen LogP contribution in [0.2, 0.25) is 4.34 Å². The van der Waals surface area contributed by atoms with Gasteiger partial charge < -0.3 is 5.32 Å². The molecule has 1 unspecified atom stereocenters. The number of thiophene rings is 1. The molecule has 0 spiro atoms. The average Bonchev–Trinajstić information content (AvgIpc) is 2.91. The summed E-state index contributed by atoms with van der Waals surface area (Å²) < 4.78 is 13.8. The van der Waals surface area contributed by atoms with Gasteiger partial charge in [0.25, 0.3) is 0 Å². The zero-order valence-corrected chi connectivity index (χ0v) is 12.2. The number of benzene rings is 1. The normalized spacial score (nSPS) is 19.4. The van der Waals surface area contributed by atoms with Crippen LogP contribution in [0.3, 0.4) is 0 Å². The third-order valence-electron chi connectivity index (χ3n) is 3.67. The number of hydrogen-bond donors (Lipinski definition) is 1. The molecule has 0 aliphatic heterocycles. The van der Waals surface area contributed by atoms with E-state index in [4.69, 9.17) is 11.6 Å². The lowest BCUT2D eigenvalue weighted by molar-refractivity contribution is 0.464. The predicted octanol–water partition coefficient (Wildman–Crippen LogP) is 4.88. The number of aryl methyl sites for hydroxylation is 1. The summed E-state index contributed by atoms with van der Waals surface area (Å²) in [5.41, 5.74) is 2.44. The smallest absolute Gasteiger partial charge is 0.123 e. The second-order valence-corrected chi connectivity index (χ2v) is 6.73. The van der Waals surface area contributed by atoms with Gasteiger partial charge in [0.05, 0.1) is 4.34 Å². The summed E-state index contributed by atoms with van der Waals surface area (Å²) in [7, 11) is 0. The van der Waals surface area contributed by atoms with E-state index >= 15 is 0 Å². The zero-order valence-electron chi connectivity index (χ0n) is 10.6. The van der Waals surface area contributed by atoms with Crippen molar-refractivity contribution < 1.29 is 4.39 Å². The van der Waals surface area contributed by atoms with Crippen LogP contribution in [0, 0.1) is 5.82 Å². The van der Waals surface area contributed by atoms with Gasteiger partial charge in [0.2, 0.25) is 0 Å². The first-order valence-electron chi connectivity index (χ1n) is 6.43. The fourth-order valence-corrected chi connectivity index (χ4v) is 4.01. The van der Waals surface area contributed by atoms with Gasteiger partial charge in [0.1, 0.15) is 5.82 Å². The van der Waals surface area contributed by atoms with Crippen molar-refractivity contribution in [3.63, 3.8) is 0 Å². The molecular weight excluding hydrogens is 281 g/mol. The molecule has 19 heavy (non-hydrogen) atoms. The Hall–Kier alpha value is -0.900. The van der Waals surface area contributed by atoms with Crippen molar-refractivity contribution in [2.75, 3.05) is 0 Å². The van der Waals surface area contributed by atoms with Crippen molar-refractivity contribution >= 4 is 22.9 Å². The summed E-state index contributed by atoms with van der Waals surface area (Å²) in [6.45, 7) is 2.11. The predicted molar refractivity (Wildman–Crippen MR) is 78.3 cm³/mol. The molecule has 0 saturated heterocycles. The van der Waals surface area contributed by atoms with Gasteiger partial charge in [-0.05, 0) is 49.1 Å². The van der Waals surface area contributed by atoms with Crippen LogP contribution in [0.25, 0.3) is 0 Å². The van der Waals surface area contributed by atoms with Crippen molar-refractivity contribution in [2.45, 2.75) is 31.8 Å². The van der Waals surface area contributed by atoms with Crippen LogP contribution in [0.15, 0.2) is 30.3 Å². The van der Waals surface area contributed by atoms with E-state index in [0.29, 0.717) is 6.04 Å². The molecule has 3 rings (SSSR count). The molecule has 1 nitrogen and oxygen atoms in total. The molecule has 0 fully saturated rings. The molecule has 1 aromatic heterocycles. The minimum atomic E-state index is -0.191. The Bertz CT molecular complexity index is 578. The summed E-state index contributed by atoms with van der Waals surface area (Å²) in [5, 5.41) is 3.61. The van der Waals surface area contributed by atoms with E-state index in [2.05, 4.69) is 18.3 Å². The van der Waals surface area contributed by atoms with E-state index in [9.17, 15) is 4.39 Å². The van der Waals surface area contributed by atoms with Crippen LogP contribution in [-0.4, -0.2) is 0 Å². The zero-order chi connectivity index (χ0) is 13.4. The first-order chi connectivity index (χ1) is 9.13. The van der Waals surface area contributed by atoms with Crippen LogP contribution < -0.4 is 5.32 Å². The fourth-order valence-electron chi connectivity index (χ4n) is 2.65. The molecular formula is C15H15ClFNS. The maximum atomic E-state index is 12.9. The molecule has 1 aromatic carbocycles. The van der Waals surface area contributed by atoms with Crippen LogP contribution in [-0.2, 0) is 6.42 Å². The summed E-state index contributed by atoms with van der Waals surface area (Å²) in [6.07, 6.45) is 2.21. The molecule has 0 saturated carbocycles. The lowest BCUT2D eigenvalue weighted by Gasteiger charge is -2.20. The lowest BCUT2D eigenvalue weighted by Crippen LogP contribution is -2.22. The molecule has 0 bridgehead atoms. The highest BCUT2D eigenvalue weighted by Gasteiger charge is 2.26. The summed E-state index contributed by atoms with van der Waals surface area (Å²) in [4.78, 5) is 1.40. The largest absolute Gasteiger partial charge is 0.303 e. The minimum Gasteiger partial charge on any atom is -0.303 e. The van der Waals surface area contributed by atoms with E-state index in [0.717, 1.165) is 22.7 Å². The van der Waals surface area contributed by atoms with Gasteiger partial charge in [0, 0.05) is 17.0 Å². The molecule has 1 N–H and O–H groups in total. The second-order valence-electron chi connectivity index (χ2n) is 4.96. The van der Waals surface area contributed by atoms with Crippen LogP contribution in [0.1, 0.15) is 41.4 Å². The molecule has 4 heteroatoms. The van der Waals surface area contributed by atoms with Crippen LogP contribution >= 0.6 is 22.9 Å². The summed E-state index contributed by atoms with van der Waals surface area (Å²) >= 11 is 7.74. The van der Waals surface area contributed by atoms with Gasteiger partial charge in [-0.2, -0.15) is 0 Å². The summed E-state index contributed by atoms with van der Waals surface area (Å²) in [6, 6.07) is 9.33. The number of rotatable bonds is 3. The van der Waals surface area contributed by atoms with Crippen molar-refractivity contribution in [3.05, 3.63) is 56.5 Å². The highest BCUT2D eigenvalue weighted by molar-refractivity contribution is 7.16. The Balaban J connectivity index is 1.73. The Morgan fingerprint density at radius 3 is 2.84 bits per heavy atom. The molecule has 2 aromatic rings. The van der Waals surface area contributed by atoms with Crippen molar-refractivity contribution in [2.24, 2.45) is 0 Å². The second kappa shape index (κ2) is 5.23. The number of fused-ring (bicyclic) bond motifs is 1. The third-order valence-corrected chi connectivity index (χ3v) is 5.01. The quantitative estimate of drug-likeness (QED) is 0.851. The van der Waals surface area contributed by atoms with Crippen molar-refractivity contribution in [3.8, 4) is 0 Å². The Morgan fingerprint density at radius 2 is 2.11 bits per heavy atom. The minimum absolute atomic E-state index is 0.191. The lowest BCUT2D eigenvalue weighted by atomic mass is 10.1. The third kappa shape index (κ3) is 2.69. The van der Waals surface area contributed by atoms with Crippen LogP contribution in [0.5, 0.6) is 0 Å². The van der Waals surface area contributed by atoms with Gasteiger partial charge in [-0.15, -0.1) is 11.3 Å². The topological polar surface area (TPSA) is 12.0 Å². The van der Waals surface area contributed by atoms with Crippen molar-refractivity contribution in [1.82, 2.24) is 5.32 Å². The number of hydrogen-bond acceptors (Lipinski definition) is 2. The van der Waals surface area contributed by atoms with Gasteiger partial charge in [-0.3, -0.25) is 0 Å². The molecule has 100 valence electrons. The van der Waals surface area contributed by atoms with Gasteiger partial charge in [-0.25, -0.2) is 4.39 Å². The highest BCUT2D eigenvalue weighted by atomic mass is 35.5. The first kappa shape index (κ1) is 13.1. The molecule has 0 radical (unpaired) electrons. The monoisotopic (exact) mass is 295 g/mol. The van der Waals surface area contributed by atoms with E-state index in [1.807, 2.05) is 12.1 Å². The Morgan fingerprint density at radius 1 is 1.37 bits per heavy atom. The van der Waals surface area contributed by atoms with Crippen LogP contribution in [0.4, 0.5) is 4.39 Å². The SMILES string of the molecule is C[C@@H](NC1CCc2sc(Cl)cc21)c1ccc(F)cc1. The standard InChI is InChI=1S/C15H15ClFNS/c1-9(10-2-4-11(17)5-3-10)18-13-6-7-14-12(13)8-15(16)19-14/h2-5,8-9,13,18H,6-7H2,1H3/t9-,13?/m1/s1. The van der Waals surface area contributed by atoms with E-state index in [1.165, 1.54) is 22.6 Å². The van der Waals surface area contributed by atoms with Gasteiger partial charge in [0.15, 0.2) is 0 Å². The van der Waals surface area contributed by atoms with Gasteiger partial charge in [-0.1, -0.05) is 23.7 Å². The first-order valence-corrected chi connectivity index (χ1v) is 7.62. The Labute approximate surface area is 121 Å². The number of halogens is 2. The molecule has 1 aliphatic carbocycles. The average molecular weight is 296 g/mol. The molecule has 1 aliphatic rings. The number of nitrogens with one attached hydrogen (secondary N) is 1. The van der Waals surface area contributed by atoms with Gasteiger partial charge >= 0.3 is 0 Å². The maximum Gasteiger partial charge on any atom is 0.123 e. The molecule has 2 atom stereocenters. The summed E-state index contributed by atoms with van der Waals surface area (Å²) in [5.74, 6) is -0.191. The van der Waals surface area contributed by atoms with E-state index in [-0.39, 0.29) is 11.9 Å².